The molecule has 0 aromatic heterocycles. The van der Waals surface area contributed by atoms with E-state index in [2.05, 4.69) is 26.8 Å². The lowest BCUT2D eigenvalue weighted by Gasteiger charge is -1.97. The largest absolute Gasteiger partial charge is 0.0844 e. The second kappa shape index (κ2) is 6.48. The van der Waals surface area contributed by atoms with Crippen LogP contribution in [-0.4, -0.2) is 0 Å². The summed E-state index contributed by atoms with van der Waals surface area (Å²) in [7, 11) is 0. The van der Waals surface area contributed by atoms with E-state index in [1.807, 2.05) is 6.08 Å². The summed E-state index contributed by atoms with van der Waals surface area (Å²) in [4.78, 5) is 0. The highest BCUT2D eigenvalue weighted by Crippen LogP contribution is 2.15. The summed E-state index contributed by atoms with van der Waals surface area (Å²) in [5, 5.41) is 0.904. The molecule has 1 heteroatoms. The standard InChI is InChI=1S/C10H17Cl/c1-4-6-8-9(3)10(11)7-5-2/h7-8H,4-6H2,1-3H3/b9-8-,10-7+. The Morgan fingerprint density at radius 3 is 2.36 bits per heavy atom. The third kappa shape index (κ3) is 5.09. The van der Waals surface area contributed by atoms with Crippen molar-refractivity contribution in [1.29, 1.82) is 0 Å². The summed E-state index contributed by atoms with van der Waals surface area (Å²) >= 11 is 5.96. The van der Waals surface area contributed by atoms with Crippen LogP contribution in [0.3, 0.4) is 0 Å². The van der Waals surface area contributed by atoms with Crippen LogP contribution < -0.4 is 0 Å². The van der Waals surface area contributed by atoms with Crippen molar-refractivity contribution in [3.8, 4) is 0 Å². The molecule has 0 aromatic carbocycles. The quantitative estimate of drug-likeness (QED) is 0.556. The summed E-state index contributed by atoms with van der Waals surface area (Å²) in [5.41, 5.74) is 1.20. The smallest absolute Gasteiger partial charge is 0.0392 e. The predicted octanol–water partition coefficient (Wildman–Crippen LogP) is 4.27. The first-order chi connectivity index (χ1) is 5.22. The average molecular weight is 173 g/mol. The van der Waals surface area contributed by atoms with Crippen LogP contribution in [0.4, 0.5) is 0 Å². The van der Waals surface area contributed by atoms with Crippen LogP contribution in [-0.2, 0) is 0 Å². The number of hydrogen-bond donors (Lipinski definition) is 0. The van der Waals surface area contributed by atoms with Crippen molar-refractivity contribution in [2.24, 2.45) is 0 Å². The molecule has 0 heterocycles. The molecule has 0 spiro atoms. The van der Waals surface area contributed by atoms with E-state index in [1.54, 1.807) is 0 Å². The van der Waals surface area contributed by atoms with E-state index in [0.717, 1.165) is 17.9 Å². The van der Waals surface area contributed by atoms with Crippen molar-refractivity contribution in [2.75, 3.05) is 0 Å². The molecule has 0 aliphatic heterocycles. The lowest BCUT2D eigenvalue weighted by molar-refractivity contribution is 0.951. The van der Waals surface area contributed by atoms with E-state index in [0.29, 0.717) is 0 Å². The number of hydrogen-bond acceptors (Lipinski definition) is 0. The second-order valence-electron chi connectivity index (χ2n) is 2.64. The zero-order valence-corrected chi connectivity index (χ0v) is 8.41. The van der Waals surface area contributed by atoms with Gasteiger partial charge in [-0.1, -0.05) is 44.0 Å². The fraction of sp³-hybridized carbons (Fsp3) is 0.600. The van der Waals surface area contributed by atoms with E-state index in [9.17, 15) is 0 Å². The first-order valence-corrected chi connectivity index (χ1v) is 4.63. The van der Waals surface area contributed by atoms with Crippen LogP contribution in [0.2, 0.25) is 0 Å². The Labute approximate surface area is 74.9 Å². The van der Waals surface area contributed by atoms with Crippen molar-refractivity contribution in [3.63, 3.8) is 0 Å². The zero-order valence-electron chi connectivity index (χ0n) is 7.65. The van der Waals surface area contributed by atoms with Crippen LogP contribution in [0.5, 0.6) is 0 Å². The van der Waals surface area contributed by atoms with Crippen LogP contribution in [0.25, 0.3) is 0 Å². The predicted molar refractivity (Wildman–Crippen MR) is 52.9 cm³/mol. The van der Waals surface area contributed by atoms with Crippen molar-refractivity contribution in [3.05, 3.63) is 22.8 Å². The maximum atomic E-state index is 5.96. The van der Waals surface area contributed by atoms with E-state index < -0.39 is 0 Å². The normalized spacial score (nSPS) is 13.8. The highest BCUT2D eigenvalue weighted by Gasteiger charge is 1.92. The molecule has 0 aromatic rings. The molecule has 0 N–H and O–H groups in total. The number of rotatable bonds is 4. The highest BCUT2D eigenvalue weighted by molar-refractivity contribution is 6.31. The van der Waals surface area contributed by atoms with Gasteiger partial charge in [0.25, 0.3) is 0 Å². The van der Waals surface area contributed by atoms with Gasteiger partial charge in [-0.15, -0.1) is 0 Å². The first-order valence-electron chi connectivity index (χ1n) is 4.25. The molecular formula is C10H17Cl. The van der Waals surface area contributed by atoms with Crippen molar-refractivity contribution >= 4 is 11.6 Å². The minimum atomic E-state index is 0.904. The number of allylic oxidation sites excluding steroid dienone is 4. The van der Waals surface area contributed by atoms with E-state index in [4.69, 9.17) is 11.6 Å². The Bertz CT molecular complexity index is 154. The van der Waals surface area contributed by atoms with Gasteiger partial charge in [0.1, 0.15) is 0 Å². The molecule has 0 saturated heterocycles. The summed E-state index contributed by atoms with van der Waals surface area (Å²) in [6.45, 7) is 6.32. The molecule has 11 heavy (non-hydrogen) atoms. The van der Waals surface area contributed by atoms with Gasteiger partial charge in [-0.2, -0.15) is 0 Å². The number of halogens is 1. The van der Waals surface area contributed by atoms with E-state index in [1.165, 1.54) is 12.0 Å². The van der Waals surface area contributed by atoms with Gasteiger partial charge in [-0.05, 0) is 25.3 Å². The number of unbranched alkanes of at least 4 members (excludes halogenated alkanes) is 1. The van der Waals surface area contributed by atoms with Gasteiger partial charge < -0.3 is 0 Å². The average Bonchev–Trinajstić information content (AvgIpc) is 2.00. The maximum Gasteiger partial charge on any atom is 0.0392 e. The fourth-order valence-electron chi connectivity index (χ4n) is 0.799. The third-order valence-electron chi connectivity index (χ3n) is 1.50. The molecule has 0 aliphatic rings. The van der Waals surface area contributed by atoms with Crippen LogP contribution >= 0.6 is 11.6 Å². The van der Waals surface area contributed by atoms with Crippen LogP contribution in [0.15, 0.2) is 22.8 Å². The van der Waals surface area contributed by atoms with Gasteiger partial charge in [0, 0.05) is 5.03 Å². The molecule has 0 fully saturated rings. The topological polar surface area (TPSA) is 0 Å². The molecule has 0 unspecified atom stereocenters. The molecule has 0 aliphatic carbocycles. The fourth-order valence-corrected chi connectivity index (χ4v) is 1.03. The SMILES string of the molecule is CC/C=C(Cl)\C(C)=C/CCC. The first kappa shape index (κ1) is 10.8. The van der Waals surface area contributed by atoms with Gasteiger partial charge in [0.2, 0.25) is 0 Å². The molecule has 0 atom stereocenters. The third-order valence-corrected chi connectivity index (χ3v) is 1.95. The Balaban J connectivity index is 4.00. The molecule has 64 valence electrons. The van der Waals surface area contributed by atoms with Crippen LogP contribution in [0.1, 0.15) is 40.0 Å². The minimum absolute atomic E-state index is 0.904. The molecule has 0 amide bonds. The van der Waals surface area contributed by atoms with E-state index >= 15 is 0 Å². The van der Waals surface area contributed by atoms with Crippen molar-refractivity contribution < 1.29 is 0 Å². The zero-order chi connectivity index (χ0) is 8.69. The Hall–Kier alpha value is -0.230. The Morgan fingerprint density at radius 1 is 1.27 bits per heavy atom. The maximum absolute atomic E-state index is 5.96. The summed E-state index contributed by atoms with van der Waals surface area (Å²) < 4.78 is 0. The van der Waals surface area contributed by atoms with Gasteiger partial charge >= 0.3 is 0 Å². The highest BCUT2D eigenvalue weighted by atomic mass is 35.5. The monoisotopic (exact) mass is 172 g/mol. The molecule has 0 nitrogen and oxygen atoms in total. The second-order valence-corrected chi connectivity index (χ2v) is 3.04. The van der Waals surface area contributed by atoms with Gasteiger partial charge in [0.05, 0.1) is 0 Å². The Morgan fingerprint density at radius 2 is 1.91 bits per heavy atom. The molecule has 0 rings (SSSR count). The lowest BCUT2D eigenvalue weighted by atomic mass is 10.2. The van der Waals surface area contributed by atoms with Gasteiger partial charge in [0.15, 0.2) is 0 Å². The summed E-state index contributed by atoms with van der Waals surface area (Å²) in [6.07, 6.45) is 7.56. The van der Waals surface area contributed by atoms with Crippen molar-refractivity contribution in [1.82, 2.24) is 0 Å². The summed E-state index contributed by atoms with van der Waals surface area (Å²) in [6, 6.07) is 0. The summed E-state index contributed by atoms with van der Waals surface area (Å²) in [5.74, 6) is 0. The van der Waals surface area contributed by atoms with Crippen LogP contribution in [0, 0.1) is 0 Å². The molecular weight excluding hydrogens is 156 g/mol. The molecule has 0 saturated carbocycles. The van der Waals surface area contributed by atoms with Gasteiger partial charge in [-0.25, -0.2) is 0 Å². The van der Waals surface area contributed by atoms with E-state index in [-0.39, 0.29) is 0 Å². The minimum Gasteiger partial charge on any atom is -0.0844 e. The molecule has 0 bridgehead atoms. The lowest BCUT2D eigenvalue weighted by Crippen LogP contribution is -1.76. The van der Waals surface area contributed by atoms with Crippen molar-refractivity contribution in [2.45, 2.75) is 40.0 Å². The Kier molecular flexibility index (Phi) is 6.34. The molecule has 0 radical (unpaired) electrons. The van der Waals surface area contributed by atoms with Gasteiger partial charge in [-0.3, -0.25) is 0 Å².